The van der Waals surface area contributed by atoms with Gasteiger partial charge in [0.25, 0.3) is 0 Å². The van der Waals surface area contributed by atoms with Crippen molar-refractivity contribution in [1.82, 2.24) is 10.6 Å². The molecule has 0 aliphatic carbocycles. The van der Waals surface area contributed by atoms with E-state index >= 15 is 0 Å². The Morgan fingerprint density at radius 3 is 2.53 bits per heavy atom. The van der Waals surface area contributed by atoms with Gasteiger partial charge in [-0.05, 0) is 38.1 Å². The first-order valence-electron chi connectivity index (χ1n) is 5.24. The molecule has 1 rings (SSSR count). The van der Waals surface area contributed by atoms with Gasteiger partial charge in [0.2, 0.25) is 5.91 Å². The molecular weight excluding hydrogens is 188 g/mol. The lowest BCUT2D eigenvalue weighted by atomic mass is 9.97. The number of carbonyl (C=O) groups is 1. The molecule has 0 spiro atoms. The third-order valence-corrected chi connectivity index (χ3v) is 2.49. The lowest BCUT2D eigenvalue weighted by Gasteiger charge is -2.21. The van der Waals surface area contributed by atoms with E-state index in [9.17, 15) is 4.79 Å². The second kappa shape index (κ2) is 6.19. The largest absolute Gasteiger partial charge is 0.326 e. The molecule has 82 valence electrons. The van der Waals surface area contributed by atoms with Crippen LogP contribution in [0.15, 0.2) is 37.1 Å². The van der Waals surface area contributed by atoms with Crippen molar-refractivity contribution in [3.8, 4) is 0 Å². The minimum Gasteiger partial charge on any atom is -0.326 e. The Morgan fingerprint density at radius 2 is 2.00 bits per heavy atom. The summed E-state index contributed by atoms with van der Waals surface area (Å²) in [4.78, 5) is 11.8. The van der Waals surface area contributed by atoms with E-state index in [4.69, 9.17) is 0 Å². The smallest absolute Gasteiger partial charge is 0.227 e. The van der Waals surface area contributed by atoms with Crippen LogP contribution in [0.1, 0.15) is 12.8 Å². The van der Waals surface area contributed by atoms with Crippen molar-refractivity contribution in [1.29, 1.82) is 0 Å². The zero-order valence-electron chi connectivity index (χ0n) is 8.96. The molecule has 0 aromatic heterocycles. The van der Waals surface area contributed by atoms with Gasteiger partial charge in [0, 0.05) is 11.6 Å². The van der Waals surface area contributed by atoms with Crippen LogP contribution in [0.25, 0.3) is 0 Å². The highest BCUT2D eigenvalue weighted by molar-refractivity contribution is 5.81. The molecule has 2 N–H and O–H groups in total. The highest BCUT2D eigenvalue weighted by atomic mass is 16.1. The van der Waals surface area contributed by atoms with Crippen LogP contribution in [0.2, 0.25) is 0 Å². The monoisotopic (exact) mass is 206 g/mol. The minimum atomic E-state index is 0.0875. The molecule has 0 aromatic rings. The van der Waals surface area contributed by atoms with E-state index in [1.54, 1.807) is 18.2 Å². The van der Waals surface area contributed by atoms with E-state index in [-0.39, 0.29) is 11.8 Å². The van der Waals surface area contributed by atoms with Crippen LogP contribution in [-0.2, 0) is 4.79 Å². The van der Waals surface area contributed by atoms with Crippen molar-refractivity contribution in [2.75, 3.05) is 13.1 Å². The van der Waals surface area contributed by atoms with Crippen LogP contribution >= 0.6 is 0 Å². The predicted molar refractivity (Wildman–Crippen MR) is 62.2 cm³/mol. The lowest BCUT2D eigenvalue weighted by molar-refractivity contribution is -0.124. The standard InChI is InChI=1S/C12H18N2O/c1-3-5-11(4-2)14-12(15)10-6-8-13-9-7-10/h3-5,10,13H,1-2,6-9H2,(H,14,15). The highest BCUT2D eigenvalue weighted by Gasteiger charge is 2.20. The summed E-state index contributed by atoms with van der Waals surface area (Å²) in [6, 6.07) is 0. The Labute approximate surface area is 90.9 Å². The quantitative estimate of drug-likeness (QED) is 0.682. The molecule has 0 bridgehead atoms. The zero-order chi connectivity index (χ0) is 11.1. The molecule has 1 aliphatic rings. The topological polar surface area (TPSA) is 41.1 Å². The Morgan fingerprint density at radius 1 is 1.33 bits per heavy atom. The van der Waals surface area contributed by atoms with Crippen molar-refractivity contribution in [3.63, 3.8) is 0 Å². The second-order valence-electron chi connectivity index (χ2n) is 3.58. The Bertz CT molecular complexity index is 275. The van der Waals surface area contributed by atoms with Crippen molar-refractivity contribution >= 4 is 5.91 Å². The fourth-order valence-corrected chi connectivity index (χ4v) is 1.62. The van der Waals surface area contributed by atoms with Gasteiger partial charge in [-0.2, -0.15) is 0 Å². The predicted octanol–water partition coefficient (Wildman–Crippen LogP) is 1.36. The van der Waals surface area contributed by atoms with Gasteiger partial charge in [-0.15, -0.1) is 0 Å². The van der Waals surface area contributed by atoms with Gasteiger partial charge in [0.1, 0.15) is 0 Å². The summed E-state index contributed by atoms with van der Waals surface area (Å²) in [6.07, 6.45) is 6.82. The third kappa shape index (κ3) is 3.72. The summed E-state index contributed by atoms with van der Waals surface area (Å²) < 4.78 is 0. The van der Waals surface area contributed by atoms with Crippen molar-refractivity contribution in [2.24, 2.45) is 5.92 Å². The first-order chi connectivity index (χ1) is 7.27. The Balaban J connectivity index is 2.49. The second-order valence-corrected chi connectivity index (χ2v) is 3.58. The van der Waals surface area contributed by atoms with E-state index < -0.39 is 0 Å². The van der Waals surface area contributed by atoms with Gasteiger partial charge in [0.15, 0.2) is 0 Å². The molecule has 15 heavy (non-hydrogen) atoms. The van der Waals surface area contributed by atoms with Crippen LogP contribution in [0.3, 0.4) is 0 Å². The maximum atomic E-state index is 11.8. The molecule has 1 saturated heterocycles. The average Bonchev–Trinajstić information content (AvgIpc) is 2.29. The first kappa shape index (κ1) is 11.7. The molecule has 0 unspecified atom stereocenters. The third-order valence-electron chi connectivity index (χ3n) is 2.49. The summed E-state index contributed by atoms with van der Waals surface area (Å²) in [5.41, 5.74) is 0.716. The maximum Gasteiger partial charge on any atom is 0.227 e. The molecule has 0 atom stereocenters. The summed E-state index contributed by atoms with van der Waals surface area (Å²) >= 11 is 0. The van der Waals surface area contributed by atoms with Crippen LogP contribution in [0.4, 0.5) is 0 Å². The number of rotatable bonds is 4. The highest BCUT2D eigenvalue weighted by Crippen LogP contribution is 2.12. The van der Waals surface area contributed by atoms with Gasteiger partial charge < -0.3 is 10.6 Å². The number of nitrogens with one attached hydrogen (secondary N) is 2. The van der Waals surface area contributed by atoms with E-state index in [1.165, 1.54) is 0 Å². The number of amides is 1. The lowest BCUT2D eigenvalue weighted by Crippen LogP contribution is -2.37. The van der Waals surface area contributed by atoms with Gasteiger partial charge in [-0.25, -0.2) is 0 Å². The summed E-state index contributed by atoms with van der Waals surface area (Å²) in [6.45, 7) is 9.06. The van der Waals surface area contributed by atoms with E-state index in [0.717, 1.165) is 25.9 Å². The van der Waals surface area contributed by atoms with Gasteiger partial charge in [0.05, 0.1) is 0 Å². The zero-order valence-corrected chi connectivity index (χ0v) is 8.96. The number of piperidine rings is 1. The Hall–Kier alpha value is -1.35. The molecule has 0 radical (unpaired) electrons. The Kier molecular flexibility index (Phi) is 4.84. The van der Waals surface area contributed by atoms with E-state index in [2.05, 4.69) is 23.8 Å². The van der Waals surface area contributed by atoms with Crippen LogP contribution in [-0.4, -0.2) is 19.0 Å². The molecule has 1 aliphatic heterocycles. The SMILES string of the molecule is C=CC=C(C=C)NC(=O)C1CCNCC1. The van der Waals surface area contributed by atoms with Crippen LogP contribution in [0.5, 0.6) is 0 Å². The average molecular weight is 206 g/mol. The minimum absolute atomic E-state index is 0.0875. The summed E-state index contributed by atoms with van der Waals surface area (Å²) in [7, 11) is 0. The van der Waals surface area contributed by atoms with Gasteiger partial charge in [-0.1, -0.05) is 19.2 Å². The molecule has 0 aromatic carbocycles. The van der Waals surface area contributed by atoms with Gasteiger partial charge in [-0.3, -0.25) is 4.79 Å². The fourth-order valence-electron chi connectivity index (χ4n) is 1.62. The normalized spacial score (nSPS) is 18.3. The number of hydrogen-bond donors (Lipinski definition) is 2. The molecule has 0 saturated carbocycles. The molecular formula is C12H18N2O. The number of allylic oxidation sites excluding steroid dienone is 3. The number of carbonyl (C=O) groups excluding carboxylic acids is 1. The molecule has 1 fully saturated rings. The summed E-state index contributed by atoms with van der Waals surface area (Å²) in [5, 5.41) is 6.07. The first-order valence-corrected chi connectivity index (χ1v) is 5.24. The van der Waals surface area contributed by atoms with Crippen molar-refractivity contribution < 1.29 is 4.79 Å². The molecule has 1 amide bonds. The van der Waals surface area contributed by atoms with E-state index in [1.807, 2.05) is 0 Å². The van der Waals surface area contributed by atoms with Crippen LogP contribution < -0.4 is 10.6 Å². The van der Waals surface area contributed by atoms with Crippen LogP contribution in [0, 0.1) is 5.92 Å². The van der Waals surface area contributed by atoms with E-state index in [0.29, 0.717) is 5.70 Å². The van der Waals surface area contributed by atoms with Gasteiger partial charge >= 0.3 is 0 Å². The molecule has 3 nitrogen and oxygen atoms in total. The molecule has 3 heteroatoms. The van der Waals surface area contributed by atoms with Crippen molar-refractivity contribution in [2.45, 2.75) is 12.8 Å². The molecule has 1 heterocycles. The summed E-state index contributed by atoms with van der Waals surface area (Å²) in [5.74, 6) is 0.212. The van der Waals surface area contributed by atoms with Crippen molar-refractivity contribution in [3.05, 3.63) is 37.1 Å². The fraction of sp³-hybridized carbons (Fsp3) is 0.417. The number of hydrogen-bond acceptors (Lipinski definition) is 2. The maximum absolute atomic E-state index is 11.8.